The Labute approximate surface area is 177 Å². The lowest BCUT2D eigenvalue weighted by Crippen LogP contribution is -2.01. The summed E-state index contributed by atoms with van der Waals surface area (Å²) >= 11 is 3.07. The summed E-state index contributed by atoms with van der Waals surface area (Å²) in [4.78, 5) is 0. The number of hydrogen-bond acceptors (Lipinski definition) is 7. The van der Waals surface area contributed by atoms with Gasteiger partial charge in [-0.1, -0.05) is 71.6 Å². The van der Waals surface area contributed by atoms with Gasteiger partial charge in [-0.3, -0.25) is 0 Å². The summed E-state index contributed by atoms with van der Waals surface area (Å²) in [6, 6.07) is 22.3. The molecule has 6 nitrogen and oxygen atoms in total. The predicted molar refractivity (Wildman–Crippen MR) is 116 cm³/mol. The van der Waals surface area contributed by atoms with E-state index in [0.29, 0.717) is 17.9 Å². The minimum absolute atomic E-state index is 0.589. The molecule has 1 N–H and O–H groups in total. The third-order valence-corrected chi connectivity index (χ3v) is 6.32. The van der Waals surface area contributed by atoms with Gasteiger partial charge < -0.3 is 5.32 Å². The molecule has 144 valence electrons. The topological polar surface area (TPSA) is 79.4 Å². The molecule has 0 radical (unpaired) electrons. The van der Waals surface area contributed by atoms with Gasteiger partial charge in [-0.05, 0) is 24.6 Å². The molecule has 0 saturated carbocycles. The van der Waals surface area contributed by atoms with Crippen LogP contribution in [0.3, 0.4) is 0 Å². The Kier molecular flexibility index (Phi) is 5.89. The van der Waals surface area contributed by atoms with Crippen LogP contribution in [0.25, 0.3) is 5.69 Å². The number of para-hydroxylation sites is 1. The summed E-state index contributed by atoms with van der Waals surface area (Å²) < 4.78 is 2.69. The van der Waals surface area contributed by atoms with E-state index in [0.717, 1.165) is 26.5 Å². The average Bonchev–Trinajstić information content (AvgIpc) is 3.35. The fourth-order valence-corrected chi connectivity index (χ4v) is 4.63. The minimum Gasteiger partial charge on any atom is -0.356 e. The van der Waals surface area contributed by atoms with Crippen LogP contribution in [-0.4, -0.2) is 20.0 Å². The van der Waals surface area contributed by atoms with Crippen LogP contribution in [0.15, 0.2) is 65.0 Å². The van der Waals surface area contributed by atoms with Crippen molar-refractivity contribution in [3.8, 4) is 11.8 Å². The SMILES string of the molecule is Cc1nn(-c2ccccc2)c(CSc2nnc(NCc3ccccc3)s2)c1C#N. The van der Waals surface area contributed by atoms with Gasteiger partial charge in [-0.25, -0.2) is 4.68 Å². The molecule has 0 saturated heterocycles. The lowest BCUT2D eigenvalue weighted by atomic mass is 10.2. The Bertz CT molecular complexity index is 1130. The Hall–Kier alpha value is -3.15. The molecular formula is C21H18N6S2. The molecule has 2 aromatic carbocycles. The third-order valence-electron chi connectivity index (χ3n) is 4.29. The first-order valence-corrected chi connectivity index (χ1v) is 10.8. The van der Waals surface area contributed by atoms with E-state index >= 15 is 0 Å². The summed E-state index contributed by atoms with van der Waals surface area (Å²) in [5.74, 6) is 0.589. The number of rotatable bonds is 7. The van der Waals surface area contributed by atoms with Crippen LogP contribution in [0.4, 0.5) is 5.13 Å². The molecule has 0 aliphatic heterocycles. The Balaban J connectivity index is 1.47. The van der Waals surface area contributed by atoms with Crippen LogP contribution in [-0.2, 0) is 12.3 Å². The van der Waals surface area contributed by atoms with Crippen molar-refractivity contribution >= 4 is 28.2 Å². The van der Waals surface area contributed by atoms with E-state index in [2.05, 4.69) is 38.8 Å². The number of hydrogen-bond donors (Lipinski definition) is 1. The number of anilines is 1. The molecule has 0 fully saturated rings. The highest BCUT2D eigenvalue weighted by molar-refractivity contribution is 8.00. The van der Waals surface area contributed by atoms with Gasteiger partial charge in [0.2, 0.25) is 5.13 Å². The summed E-state index contributed by atoms with van der Waals surface area (Å²) in [5, 5.41) is 26.7. The van der Waals surface area contributed by atoms with E-state index in [1.54, 1.807) is 11.8 Å². The smallest absolute Gasteiger partial charge is 0.206 e. The van der Waals surface area contributed by atoms with Gasteiger partial charge in [0, 0.05) is 12.3 Å². The van der Waals surface area contributed by atoms with E-state index < -0.39 is 0 Å². The molecule has 0 atom stereocenters. The minimum atomic E-state index is 0.589. The second-order valence-corrected chi connectivity index (χ2v) is 8.47. The van der Waals surface area contributed by atoms with E-state index in [9.17, 15) is 5.26 Å². The van der Waals surface area contributed by atoms with E-state index in [1.165, 1.54) is 16.9 Å². The van der Waals surface area contributed by atoms with Gasteiger partial charge in [0.1, 0.15) is 6.07 Å². The fraction of sp³-hybridized carbons (Fsp3) is 0.143. The summed E-state index contributed by atoms with van der Waals surface area (Å²) in [6.07, 6.45) is 0. The zero-order chi connectivity index (χ0) is 20.1. The molecule has 0 aliphatic carbocycles. The van der Waals surface area contributed by atoms with Crippen molar-refractivity contribution < 1.29 is 0 Å². The van der Waals surface area contributed by atoms with Crippen molar-refractivity contribution in [1.29, 1.82) is 5.26 Å². The van der Waals surface area contributed by atoms with Gasteiger partial charge in [0.25, 0.3) is 0 Å². The lowest BCUT2D eigenvalue weighted by molar-refractivity contribution is 0.828. The molecule has 2 aromatic heterocycles. The zero-order valence-electron chi connectivity index (χ0n) is 15.7. The molecule has 4 rings (SSSR count). The summed E-state index contributed by atoms with van der Waals surface area (Å²) in [7, 11) is 0. The van der Waals surface area contributed by atoms with Crippen LogP contribution in [0.5, 0.6) is 0 Å². The van der Waals surface area contributed by atoms with Crippen molar-refractivity contribution in [2.24, 2.45) is 0 Å². The monoisotopic (exact) mass is 418 g/mol. The molecule has 2 heterocycles. The van der Waals surface area contributed by atoms with Crippen LogP contribution in [0.2, 0.25) is 0 Å². The fourth-order valence-electron chi connectivity index (χ4n) is 2.88. The molecule has 0 amide bonds. The first kappa shape index (κ1) is 19.2. The van der Waals surface area contributed by atoms with E-state index in [4.69, 9.17) is 0 Å². The highest BCUT2D eigenvalue weighted by Crippen LogP contribution is 2.31. The quantitative estimate of drug-likeness (QED) is 0.434. The maximum Gasteiger partial charge on any atom is 0.206 e. The number of nitriles is 1. The Morgan fingerprint density at radius 3 is 2.52 bits per heavy atom. The Morgan fingerprint density at radius 1 is 1.07 bits per heavy atom. The number of aromatic nitrogens is 4. The number of nitrogens with zero attached hydrogens (tertiary/aromatic N) is 5. The summed E-state index contributed by atoms with van der Waals surface area (Å²) in [6.45, 7) is 2.57. The van der Waals surface area contributed by atoms with Crippen molar-refractivity contribution in [2.75, 3.05) is 5.32 Å². The third kappa shape index (κ3) is 4.47. The van der Waals surface area contributed by atoms with Gasteiger partial charge in [0.05, 0.1) is 22.6 Å². The zero-order valence-corrected chi connectivity index (χ0v) is 17.4. The molecule has 8 heteroatoms. The van der Waals surface area contributed by atoms with Gasteiger partial charge >= 0.3 is 0 Å². The predicted octanol–water partition coefficient (Wildman–Crippen LogP) is 4.81. The van der Waals surface area contributed by atoms with Gasteiger partial charge in [-0.15, -0.1) is 10.2 Å². The highest BCUT2D eigenvalue weighted by Gasteiger charge is 2.17. The normalized spacial score (nSPS) is 10.6. The van der Waals surface area contributed by atoms with E-state index in [1.807, 2.05) is 60.1 Å². The van der Waals surface area contributed by atoms with Crippen LogP contribution < -0.4 is 5.32 Å². The van der Waals surface area contributed by atoms with Crippen LogP contribution in [0.1, 0.15) is 22.5 Å². The molecule has 0 spiro atoms. The molecule has 0 aliphatic rings. The Morgan fingerprint density at radius 2 is 1.79 bits per heavy atom. The lowest BCUT2D eigenvalue weighted by Gasteiger charge is -2.06. The first-order valence-electron chi connectivity index (χ1n) is 9.02. The largest absolute Gasteiger partial charge is 0.356 e. The van der Waals surface area contributed by atoms with E-state index in [-0.39, 0.29) is 0 Å². The maximum atomic E-state index is 9.59. The highest BCUT2D eigenvalue weighted by atomic mass is 32.2. The molecule has 0 bridgehead atoms. The molecule has 0 unspecified atom stereocenters. The summed E-state index contributed by atoms with van der Waals surface area (Å²) in [5.41, 5.74) is 4.35. The number of benzene rings is 2. The van der Waals surface area contributed by atoms with Crippen molar-refractivity contribution in [3.05, 3.63) is 83.2 Å². The number of nitrogens with one attached hydrogen (secondary N) is 1. The second kappa shape index (κ2) is 8.90. The van der Waals surface area contributed by atoms with Gasteiger partial charge in [0.15, 0.2) is 4.34 Å². The van der Waals surface area contributed by atoms with Gasteiger partial charge in [-0.2, -0.15) is 10.4 Å². The van der Waals surface area contributed by atoms with Crippen molar-refractivity contribution in [2.45, 2.75) is 23.6 Å². The average molecular weight is 419 g/mol. The van der Waals surface area contributed by atoms with Crippen LogP contribution >= 0.6 is 23.1 Å². The second-order valence-electron chi connectivity index (χ2n) is 6.27. The van der Waals surface area contributed by atoms with Crippen molar-refractivity contribution in [3.63, 3.8) is 0 Å². The maximum absolute atomic E-state index is 9.59. The van der Waals surface area contributed by atoms with Crippen molar-refractivity contribution in [1.82, 2.24) is 20.0 Å². The standard InChI is InChI=1S/C21H18N6S2/c1-15-18(12-22)19(27(26-15)17-10-6-3-7-11-17)14-28-21-25-24-20(29-21)23-13-16-8-4-2-5-9-16/h2-11H,13-14H2,1H3,(H,23,24). The molecule has 4 aromatic rings. The molecular weight excluding hydrogens is 400 g/mol. The number of thioether (sulfide) groups is 1. The van der Waals surface area contributed by atoms with Crippen LogP contribution in [0, 0.1) is 18.3 Å². The molecule has 29 heavy (non-hydrogen) atoms. The number of aryl methyl sites for hydroxylation is 1. The first-order chi connectivity index (χ1) is 14.2.